The van der Waals surface area contributed by atoms with Gasteiger partial charge in [-0.05, 0) is 43.5 Å². The van der Waals surface area contributed by atoms with Crippen molar-refractivity contribution in [3.63, 3.8) is 0 Å². The number of rotatable bonds is 4. The SMILES string of the molecule is Cc1nccc(C(O)c2ccc(OC3CC3)cc2)n1. The number of aryl methyl sites for hydroxylation is 1. The molecule has 3 rings (SSSR count). The molecule has 1 aliphatic rings. The van der Waals surface area contributed by atoms with Gasteiger partial charge in [0.15, 0.2) is 0 Å². The summed E-state index contributed by atoms with van der Waals surface area (Å²) < 4.78 is 5.68. The summed E-state index contributed by atoms with van der Waals surface area (Å²) in [5, 5.41) is 10.3. The van der Waals surface area contributed by atoms with Crippen molar-refractivity contribution in [2.75, 3.05) is 0 Å². The molecular formula is C15H16N2O2. The minimum atomic E-state index is -0.725. The van der Waals surface area contributed by atoms with Crippen molar-refractivity contribution in [2.24, 2.45) is 0 Å². The number of ether oxygens (including phenoxy) is 1. The minimum Gasteiger partial charge on any atom is -0.490 e. The molecule has 1 N–H and O–H groups in total. The Labute approximate surface area is 112 Å². The number of aliphatic hydroxyl groups excluding tert-OH is 1. The number of nitrogens with zero attached hydrogens (tertiary/aromatic N) is 2. The first-order chi connectivity index (χ1) is 9.22. The molecule has 0 radical (unpaired) electrons. The molecule has 19 heavy (non-hydrogen) atoms. The van der Waals surface area contributed by atoms with E-state index in [2.05, 4.69) is 9.97 Å². The number of benzene rings is 1. The fraction of sp³-hybridized carbons (Fsp3) is 0.333. The van der Waals surface area contributed by atoms with Crippen LogP contribution < -0.4 is 4.74 Å². The van der Waals surface area contributed by atoms with Crippen LogP contribution in [-0.2, 0) is 0 Å². The first-order valence-corrected chi connectivity index (χ1v) is 6.46. The summed E-state index contributed by atoms with van der Waals surface area (Å²) in [4.78, 5) is 8.27. The second-order valence-electron chi connectivity index (χ2n) is 4.82. The average Bonchev–Trinajstić information content (AvgIpc) is 3.23. The van der Waals surface area contributed by atoms with Crippen LogP contribution in [-0.4, -0.2) is 21.2 Å². The molecule has 4 nitrogen and oxygen atoms in total. The van der Waals surface area contributed by atoms with E-state index in [4.69, 9.17) is 4.74 Å². The molecule has 0 aliphatic heterocycles. The Kier molecular flexibility index (Phi) is 3.17. The van der Waals surface area contributed by atoms with E-state index in [1.54, 1.807) is 12.3 Å². The van der Waals surface area contributed by atoms with Crippen molar-refractivity contribution in [3.8, 4) is 5.75 Å². The maximum Gasteiger partial charge on any atom is 0.125 e. The molecule has 0 amide bonds. The maximum atomic E-state index is 10.3. The highest BCUT2D eigenvalue weighted by Gasteiger charge is 2.23. The molecule has 4 heteroatoms. The third-order valence-corrected chi connectivity index (χ3v) is 3.10. The van der Waals surface area contributed by atoms with E-state index < -0.39 is 6.10 Å². The molecule has 1 fully saturated rings. The first-order valence-electron chi connectivity index (χ1n) is 6.46. The Morgan fingerprint density at radius 1 is 1.21 bits per heavy atom. The summed E-state index contributed by atoms with van der Waals surface area (Å²) in [7, 11) is 0. The second kappa shape index (κ2) is 4.97. The Morgan fingerprint density at radius 3 is 2.58 bits per heavy atom. The van der Waals surface area contributed by atoms with Crippen LogP contribution in [0.3, 0.4) is 0 Å². The van der Waals surface area contributed by atoms with E-state index in [9.17, 15) is 5.11 Å². The van der Waals surface area contributed by atoms with Gasteiger partial charge in [-0.25, -0.2) is 9.97 Å². The quantitative estimate of drug-likeness (QED) is 0.912. The van der Waals surface area contributed by atoms with E-state index in [1.165, 1.54) is 0 Å². The fourth-order valence-corrected chi connectivity index (χ4v) is 1.90. The van der Waals surface area contributed by atoms with Gasteiger partial charge in [-0.15, -0.1) is 0 Å². The van der Waals surface area contributed by atoms with Gasteiger partial charge in [0.2, 0.25) is 0 Å². The standard InChI is InChI=1S/C15H16N2O2/c1-10-16-9-8-14(17-10)15(18)11-2-4-12(5-3-11)19-13-6-7-13/h2-5,8-9,13,15,18H,6-7H2,1H3. The third kappa shape index (κ3) is 2.90. The highest BCUT2D eigenvalue weighted by molar-refractivity contribution is 5.32. The minimum absolute atomic E-state index is 0.389. The summed E-state index contributed by atoms with van der Waals surface area (Å²) in [6.07, 6.45) is 3.61. The van der Waals surface area contributed by atoms with Gasteiger partial charge in [0.1, 0.15) is 17.7 Å². The molecule has 98 valence electrons. The van der Waals surface area contributed by atoms with Gasteiger partial charge in [0.05, 0.1) is 11.8 Å². The van der Waals surface area contributed by atoms with E-state index in [0.29, 0.717) is 17.6 Å². The van der Waals surface area contributed by atoms with Gasteiger partial charge in [0, 0.05) is 6.20 Å². The zero-order chi connectivity index (χ0) is 13.2. The fourth-order valence-electron chi connectivity index (χ4n) is 1.90. The van der Waals surface area contributed by atoms with Crippen LogP contribution >= 0.6 is 0 Å². The zero-order valence-electron chi connectivity index (χ0n) is 10.8. The van der Waals surface area contributed by atoms with Gasteiger partial charge in [-0.1, -0.05) is 12.1 Å². The molecule has 1 aromatic heterocycles. The molecule has 2 aromatic rings. The summed E-state index contributed by atoms with van der Waals surface area (Å²) in [5.74, 6) is 1.52. The molecule has 1 unspecified atom stereocenters. The molecule has 0 spiro atoms. The van der Waals surface area contributed by atoms with E-state index >= 15 is 0 Å². The van der Waals surface area contributed by atoms with Crippen molar-refractivity contribution >= 4 is 0 Å². The lowest BCUT2D eigenvalue weighted by molar-refractivity contribution is 0.214. The molecule has 0 saturated heterocycles. The number of hydrogen-bond donors (Lipinski definition) is 1. The smallest absolute Gasteiger partial charge is 0.125 e. The number of hydrogen-bond acceptors (Lipinski definition) is 4. The van der Waals surface area contributed by atoms with Gasteiger partial charge >= 0.3 is 0 Å². The molecule has 0 bridgehead atoms. The van der Waals surface area contributed by atoms with Crippen LogP contribution in [0, 0.1) is 6.92 Å². The lowest BCUT2D eigenvalue weighted by atomic mass is 10.1. The number of aliphatic hydroxyl groups is 1. The predicted octanol–water partition coefficient (Wildman–Crippen LogP) is 2.41. The van der Waals surface area contributed by atoms with Crippen LogP contribution in [0.2, 0.25) is 0 Å². The van der Waals surface area contributed by atoms with Crippen LogP contribution in [0.1, 0.15) is 36.0 Å². The zero-order valence-corrected chi connectivity index (χ0v) is 10.8. The Bertz CT molecular complexity index is 565. The molecule has 1 aliphatic carbocycles. The van der Waals surface area contributed by atoms with E-state index in [0.717, 1.165) is 24.2 Å². The van der Waals surface area contributed by atoms with Gasteiger partial charge in [0.25, 0.3) is 0 Å². The van der Waals surface area contributed by atoms with Gasteiger partial charge < -0.3 is 9.84 Å². The lowest BCUT2D eigenvalue weighted by Crippen LogP contribution is -2.04. The van der Waals surface area contributed by atoms with Crippen molar-refractivity contribution in [3.05, 3.63) is 53.6 Å². The molecule has 1 aromatic carbocycles. The summed E-state index contributed by atoms with van der Waals surface area (Å²) in [5.41, 5.74) is 1.42. The summed E-state index contributed by atoms with van der Waals surface area (Å²) >= 11 is 0. The summed E-state index contributed by atoms with van der Waals surface area (Å²) in [6.45, 7) is 1.81. The Hall–Kier alpha value is -1.94. The first kappa shape index (κ1) is 12.1. The van der Waals surface area contributed by atoms with E-state index in [1.807, 2.05) is 31.2 Å². The second-order valence-corrected chi connectivity index (χ2v) is 4.82. The van der Waals surface area contributed by atoms with Crippen LogP contribution in [0.15, 0.2) is 36.5 Å². The van der Waals surface area contributed by atoms with Crippen molar-refractivity contribution in [1.82, 2.24) is 9.97 Å². The van der Waals surface area contributed by atoms with Crippen molar-refractivity contribution < 1.29 is 9.84 Å². The van der Waals surface area contributed by atoms with Crippen LogP contribution in [0.5, 0.6) is 5.75 Å². The average molecular weight is 256 g/mol. The maximum absolute atomic E-state index is 10.3. The highest BCUT2D eigenvalue weighted by atomic mass is 16.5. The molecular weight excluding hydrogens is 240 g/mol. The van der Waals surface area contributed by atoms with Crippen molar-refractivity contribution in [2.45, 2.75) is 32.0 Å². The normalized spacial score (nSPS) is 16.1. The topological polar surface area (TPSA) is 55.2 Å². The predicted molar refractivity (Wildman–Crippen MR) is 70.9 cm³/mol. The van der Waals surface area contributed by atoms with E-state index in [-0.39, 0.29) is 0 Å². The van der Waals surface area contributed by atoms with Gasteiger partial charge in [-0.2, -0.15) is 0 Å². The largest absolute Gasteiger partial charge is 0.490 e. The third-order valence-electron chi connectivity index (χ3n) is 3.10. The lowest BCUT2D eigenvalue weighted by Gasteiger charge is -2.11. The molecule has 1 saturated carbocycles. The van der Waals surface area contributed by atoms with Crippen LogP contribution in [0.25, 0.3) is 0 Å². The monoisotopic (exact) mass is 256 g/mol. The highest BCUT2D eigenvalue weighted by Crippen LogP contribution is 2.28. The van der Waals surface area contributed by atoms with Crippen LogP contribution in [0.4, 0.5) is 0 Å². The Balaban J connectivity index is 1.77. The Morgan fingerprint density at radius 2 is 1.95 bits per heavy atom. The molecule has 1 atom stereocenters. The van der Waals surface area contributed by atoms with Gasteiger partial charge in [-0.3, -0.25) is 0 Å². The summed E-state index contributed by atoms with van der Waals surface area (Å²) in [6, 6.07) is 9.27. The number of aromatic nitrogens is 2. The molecule has 1 heterocycles. The van der Waals surface area contributed by atoms with Crippen molar-refractivity contribution in [1.29, 1.82) is 0 Å².